The molecule has 0 atom stereocenters. The third kappa shape index (κ3) is 2.61. The number of nitrogen functional groups attached to an aromatic ring is 1. The molecule has 0 bridgehead atoms. The quantitative estimate of drug-likeness (QED) is 0.912. The average molecular weight is 271 g/mol. The Labute approximate surface area is 109 Å². The van der Waals surface area contributed by atoms with Gasteiger partial charge in [-0.15, -0.1) is 11.3 Å². The van der Waals surface area contributed by atoms with Gasteiger partial charge in [-0.1, -0.05) is 32.4 Å². The van der Waals surface area contributed by atoms with Crippen molar-refractivity contribution in [1.29, 1.82) is 0 Å². The van der Waals surface area contributed by atoms with Crippen molar-refractivity contribution in [3.8, 4) is 5.13 Å². The lowest BCUT2D eigenvalue weighted by molar-refractivity contribution is 0.405. The van der Waals surface area contributed by atoms with Crippen LogP contribution in [0.15, 0.2) is 11.6 Å². The first kappa shape index (κ1) is 12.4. The van der Waals surface area contributed by atoms with E-state index >= 15 is 0 Å². The summed E-state index contributed by atoms with van der Waals surface area (Å²) < 4.78 is 1.61. The van der Waals surface area contributed by atoms with Crippen LogP contribution in [0.4, 0.5) is 5.82 Å². The van der Waals surface area contributed by atoms with Gasteiger partial charge in [-0.25, -0.2) is 4.98 Å². The molecule has 0 spiro atoms. The number of aromatic nitrogens is 3. The smallest absolute Gasteiger partial charge is 0.212 e. The van der Waals surface area contributed by atoms with Crippen LogP contribution in [0.5, 0.6) is 0 Å². The molecule has 0 aliphatic rings. The van der Waals surface area contributed by atoms with Gasteiger partial charge in [-0.2, -0.15) is 9.78 Å². The number of rotatable bonds is 2. The van der Waals surface area contributed by atoms with Crippen LogP contribution in [-0.4, -0.2) is 14.8 Å². The highest BCUT2D eigenvalue weighted by Crippen LogP contribution is 2.31. The van der Waals surface area contributed by atoms with Gasteiger partial charge in [0.2, 0.25) is 5.13 Å². The summed E-state index contributed by atoms with van der Waals surface area (Å²) in [6.45, 7) is 6.42. The molecular weight excluding hydrogens is 256 g/mol. The maximum atomic E-state index is 6.21. The fourth-order valence-corrected chi connectivity index (χ4v) is 2.33. The van der Waals surface area contributed by atoms with E-state index in [1.54, 1.807) is 10.9 Å². The van der Waals surface area contributed by atoms with Crippen LogP contribution >= 0.6 is 22.9 Å². The minimum Gasteiger partial charge on any atom is -0.382 e. The lowest BCUT2D eigenvalue weighted by atomic mass is 9.91. The lowest BCUT2D eigenvalue weighted by Gasteiger charge is -2.15. The molecule has 0 saturated heterocycles. The molecule has 2 aromatic heterocycles. The number of nitrogens with two attached hydrogens (primary N) is 1. The van der Waals surface area contributed by atoms with E-state index < -0.39 is 0 Å². The topological polar surface area (TPSA) is 56.7 Å². The number of halogens is 1. The van der Waals surface area contributed by atoms with E-state index in [4.69, 9.17) is 17.3 Å². The third-order valence-electron chi connectivity index (χ3n) is 2.23. The average Bonchev–Trinajstić information content (AvgIpc) is 2.80. The highest BCUT2D eigenvalue weighted by Gasteiger charge is 2.21. The van der Waals surface area contributed by atoms with Gasteiger partial charge in [0.1, 0.15) is 10.8 Å². The minimum atomic E-state index is 0.123. The number of hydrogen-bond donors (Lipinski definition) is 1. The van der Waals surface area contributed by atoms with E-state index in [1.807, 2.05) is 5.38 Å². The van der Waals surface area contributed by atoms with E-state index in [0.717, 1.165) is 17.2 Å². The fraction of sp³-hybridized carbons (Fsp3) is 0.455. The van der Waals surface area contributed by atoms with Crippen molar-refractivity contribution in [3.05, 3.63) is 22.3 Å². The van der Waals surface area contributed by atoms with Crippen LogP contribution in [0, 0.1) is 5.41 Å². The Morgan fingerprint density at radius 2 is 2.18 bits per heavy atom. The van der Waals surface area contributed by atoms with Crippen molar-refractivity contribution < 1.29 is 0 Å². The summed E-state index contributed by atoms with van der Waals surface area (Å²) in [5.74, 6) is 0.459. The fourth-order valence-electron chi connectivity index (χ4n) is 1.54. The third-order valence-corrected chi connectivity index (χ3v) is 3.38. The van der Waals surface area contributed by atoms with Gasteiger partial charge in [-0.05, 0) is 11.8 Å². The number of nitrogens with zero attached hydrogens (tertiary/aromatic N) is 3. The molecule has 0 unspecified atom stereocenters. The monoisotopic (exact) mass is 270 g/mol. The maximum Gasteiger partial charge on any atom is 0.212 e. The Kier molecular flexibility index (Phi) is 3.14. The molecule has 2 heterocycles. The van der Waals surface area contributed by atoms with Crippen molar-refractivity contribution in [3.63, 3.8) is 0 Å². The second kappa shape index (κ2) is 4.31. The van der Waals surface area contributed by atoms with E-state index in [1.165, 1.54) is 11.3 Å². The van der Waals surface area contributed by atoms with Gasteiger partial charge in [0.15, 0.2) is 0 Å². The molecule has 0 amide bonds. The van der Waals surface area contributed by atoms with E-state index in [9.17, 15) is 0 Å². The Morgan fingerprint density at radius 3 is 2.71 bits per heavy atom. The Morgan fingerprint density at radius 1 is 1.47 bits per heavy atom. The molecule has 0 fully saturated rings. The molecular formula is C11H15ClN4S. The molecule has 0 radical (unpaired) electrons. The maximum absolute atomic E-state index is 6.21. The van der Waals surface area contributed by atoms with Crippen LogP contribution in [0.1, 0.15) is 26.5 Å². The van der Waals surface area contributed by atoms with Gasteiger partial charge >= 0.3 is 0 Å². The second-order valence-corrected chi connectivity index (χ2v) is 6.36. The molecule has 2 rings (SSSR count). The van der Waals surface area contributed by atoms with E-state index in [0.29, 0.717) is 10.8 Å². The van der Waals surface area contributed by atoms with Crippen LogP contribution in [-0.2, 0) is 6.42 Å². The molecule has 2 N–H and O–H groups in total. The summed E-state index contributed by atoms with van der Waals surface area (Å²) in [7, 11) is 0. The molecule has 17 heavy (non-hydrogen) atoms. The summed E-state index contributed by atoms with van der Waals surface area (Å²) in [6.07, 6.45) is 2.51. The molecule has 2 aromatic rings. The predicted octanol–water partition coefficient (Wildman–Crippen LogP) is 3.15. The van der Waals surface area contributed by atoms with Gasteiger partial charge in [0.25, 0.3) is 0 Å². The molecule has 6 heteroatoms. The van der Waals surface area contributed by atoms with Gasteiger partial charge in [0.05, 0.1) is 5.69 Å². The lowest BCUT2D eigenvalue weighted by Crippen LogP contribution is -2.10. The van der Waals surface area contributed by atoms with Crippen molar-refractivity contribution >= 4 is 28.8 Å². The van der Waals surface area contributed by atoms with E-state index in [-0.39, 0.29) is 5.41 Å². The number of anilines is 1. The van der Waals surface area contributed by atoms with E-state index in [2.05, 4.69) is 30.9 Å². The first-order valence-corrected chi connectivity index (χ1v) is 6.57. The standard InChI is InChI=1S/C11H15ClN4S/c1-11(2,3)6-7-8(12)9(13)16(15-7)10-14-4-5-17-10/h4-5H,6,13H2,1-3H3. The zero-order valence-corrected chi connectivity index (χ0v) is 11.6. The molecule has 92 valence electrons. The summed E-state index contributed by atoms with van der Waals surface area (Å²) in [5, 5.41) is 7.61. The Bertz CT molecular complexity index is 510. The summed E-state index contributed by atoms with van der Waals surface area (Å²) in [4.78, 5) is 4.18. The highest BCUT2D eigenvalue weighted by molar-refractivity contribution is 7.12. The molecule has 0 aliphatic carbocycles. The highest BCUT2D eigenvalue weighted by atomic mass is 35.5. The first-order chi connectivity index (χ1) is 7.88. The summed E-state index contributed by atoms with van der Waals surface area (Å²) in [5.41, 5.74) is 6.90. The van der Waals surface area contributed by atoms with Crippen molar-refractivity contribution in [2.45, 2.75) is 27.2 Å². The molecule has 0 aromatic carbocycles. The Hall–Kier alpha value is -1.07. The zero-order chi connectivity index (χ0) is 12.6. The summed E-state index contributed by atoms with van der Waals surface area (Å²) in [6, 6.07) is 0. The largest absolute Gasteiger partial charge is 0.382 e. The predicted molar refractivity (Wildman–Crippen MR) is 71.8 cm³/mol. The minimum absolute atomic E-state index is 0.123. The first-order valence-electron chi connectivity index (χ1n) is 5.31. The van der Waals surface area contributed by atoms with Crippen molar-refractivity contribution in [2.24, 2.45) is 5.41 Å². The molecule has 0 aliphatic heterocycles. The molecule has 4 nitrogen and oxygen atoms in total. The van der Waals surface area contributed by atoms with Crippen LogP contribution < -0.4 is 5.73 Å². The Balaban J connectivity index is 2.41. The second-order valence-electron chi connectivity index (χ2n) is 5.11. The van der Waals surface area contributed by atoms with Crippen LogP contribution in [0.2, 0.25) is 5.02 Å². The van der Waals surface area contributed by atoms with Crippen LogP contribution in [0.25, 0.3) is 5.13 Å². The van der Waals surface area contributed by atoms with Crippen molar-refractivity contribution in [1.82, 2.24) is 14.8 Å². The van der Waals surface area contributed by atoms with Crippen LogP contribution in [0.3, 0.4) is 0 Å². The zero-order valence-electron chi connectivity index (χ0n) is 10.1. The van der Waals surface area contributed by atoms with Gasteiger partial charge in [-0.3, -0.25) is 0 Å². The van der Waals surface area contributed by atoms with Gasteiger partial charge < -0.3 is 5.73 Å². The number of hydrogen-bond acceptors (Lipinski definition) is 4. The summed E-state index contributed by atoms with van der Waals surface area (Å²) >= 11 is 7.69. The normalized spacial score (nSPS) is 12.0. The SMILES string of the molecule is CC(C)(C)Cc1nn(-c2nccs2)c(N)c1Cl. The molecule has 0 saturated carbocycles. The number of thiazole rings is 1. The van der Waals surface area contributed by atoms with Gasteiger partial charge in [0, 0.05) is 11.6 Å². The van der Waals surface area contributed by atoms with Crippen molar-refractivity contribution in [2.75, 3.05) is 5.73 Å².